The number of amides is 2. The van der Waals surface area contributed by atoms with E-state index in [2.05, 4.69) is 10.6 Å². The van der Waals surface area contributed by atoms with Gasteiger partial charge < -0.3 is 15.7 Å². The van der Waals surface area contributed by atoms with Crippen molar-refractivity contribution < 1.29 is 9.90 Å². The molecule has 1 unspecified atom stereocenters. The molecular formula is C14H22N2O2. The molecule has 1 aromatic rings. The van der Waals surface area contributed by atoms with Crippen LogP contribution in [0, 0.1) is 0 Å². The summed E-state index contributed by atoms with van der Waals surface area (Å²) in [6.45, 7) is 7.56. The van der Waals surface area contributed by atoms with Gasteiger partial charge in [-0.2, -0.15) is 0 Å². The van der Waals surface area contributed by atoms with Gasteiger partial charge in [0.1, 0.15) is 5.60 Å². The second-order valence-corrected chi connectivity index (χ2v) is 5.70. The van der Waals surface area contributed by atoms with Crippen LogP contribution >= 0.6 is 0 Å². The Bertz CT molecular complexity index is 394. The van der Waals surface area contributed by atoms with E-state index in [-0.39, 0.29) is 18.1 Å². The molecule has 0 spiro atoms. The smallest absolute Gasteiger partial charge is 0.315 e. The number of hydrogen-bond donors (Lipinski definition) is 3. The molecule has 3 N–H and O–H groups in total. The molecular weight excluding hydrogens is 228 g/mol. The van der Waals surface area contributed by atoms with Crippen LogP contribution in [0.15, 0.2) is 30.3 Å². The fraction of sp³-hybridized carbons (Fsp3) is 0.500. The first-order valence-electron chi connectivity index (χ1n) is 6.05. The highest BCUT2D eigenvalue weighted by Crippen LogP contribution is 2.18. The lowest BCUT2D eigenvalue weighted by molar-refractivity contribution is 0.0591. The predicted molar refractivity (Wildman–Crippen MR) is 72.3 cm³/mol. The van der Waals surface area contributed by atoms with Crippen LogP contribution in [0.1, 0.15) is 33.3 Å². The molecule has 100 valence electrons. The summed E-state index contributed by atoms with van der Waals surface area (Å²) >= 11 is 0. The number of carbonyl (C=O) groups is 1. The lowest BCUT2D eigenvalue weighted by atomic mass is 9.96. The van der Waals surface area contributed by atoms with Crippen LogP contribution in [0.4, 0.5) is 4.79 Å². The first-order valence-corrected chi connectivity index (χ1v) is 6.05. The van der Waals surface area contributed by atoms with Crippen molar-refractivity contribution >= 4 is 6.03 Å². The van der Waals surface area contributed by atoms with Crippen molar-refractivity contribution in [2.75, 3.05) is 6.54 Å². The Kier molecular flexibility index (Phi) is 4.35. The lowest BCUT2D eigenvalue weighted by Crippen LogP contribution is -2.49. The third kappa shape index (κ3) is 4.75. The minimum atomic E-state index is -1.07. The number of carbonyl (C=O) groups excluding carboxylic acids is 1. The van der Waals surface area contributed by atoms with Gasteiger partial charge in [-0.1, -0.05) is 30.3 Å². The van der Waals surface area contributed by atoms with Gasteiger partial charge in [0.15, 0.2) is 0 Å². The normalized spacial score (nSPS) is 14.7. The van der Waals surface area contributed by atoms with Crippen LogP contribution in [-0.2, 0) is 5.60 Å². The molecule has 0 fully saturated rings. The van der Waals surface area contributed by atoms with Crippen molar-refractivity contribution in [1.82, 2.24) is 10.6 Å². The molecule has 0 aromatic heterocycles. The summed E-state index contributed by atoms with van der Waals surface area (Å²) in [6, 6.07) is 9.00. The summed E-state index contributed by atoms with van der Waals surface area (Å²) < 4.78 is 0. The topological polar surface area (TPSA) is 61.4 Å². The molecule has 1 atom stereocenters. The molecule has 0 aliphatic rings. The van der Waals surface area contributed by atoms with Crippen LogP contribution in [0.3, 0.4) is 0 Å². The van der Waals surface area contributed by atoms with Crippen molar-refractivity contribution in [3.63, 3.8) is 0 Å². The molecule has 2 amide bonds. The van der Waals surface area contributed by atoms with Crippen LogP contribution in [0.2, 0.25) is 0 Å². The molecule has 0 heterocycles. The van der Waals surface area contributed by atoms with Crippen molar-refractivity contribution in [2.24, 2.45) is 0 Å². The van der Waals surface area contributed by atoms with Gasteiger partial charge in [-0.3, -0.25) is 0 Å². The Balaban J connectivity index is 2.55. The fourth-order valence-electron chi connectivity index (χ4n) is 1.54. The maximum atomic E-state index is 11.6. The Hall–Kier alpha value is -1.55. The molecule has 0 aliphatic heterocycles. The molecule has 1 rings (SSSR count). The monoisotopic (exact) mass is 250 g/mol. The molecule has 0 saturated heterocycles. The zero-order valence-corrected chi connectivity index (χ0v) is 11.4. The summed E-state index contributed by atoms with van der Waals surface area (Å²) in [6.07, 6.45) is 0. The molecule has 1 aromatic carbocycles. The molecule has 4 heteroatoms. The molecule has 4 nitrogen and oxygen atoms in total. The maximum absolute atomic E-state index is 11.6. The number of benzene rings is 1. The molecule has 18 heavy (non-hydrogen) atoms. The van der Waals surface area contributed by atoms with Gasteiger partial charge in [-0.15, -0.1) is 0 Å². The average molecular weight is 250 g/mol. The van der Waals surface area contributed by atoms with Gasteiger partial charge in [0.05, 0.1) is 6.54 Å². The van der Waals surface area contributed by atoms with Gasteiger partial charge >= 0.3 is 6.03 Å². The second-order valence-electron chi connectivity index (χ2n) is 5.70. The van der Waals surface area contributed by atoms with E-state index in [4.69, 9.17) is 0 Å². The number of nitrogens with one attached hydrogen (secondary N) is 2. The minimum absolute atomic E-state index is 0.166. The second kappa shape index (κ2) is 5.40. The Morgan fingerprint density at radius 1 is 1.17 bits per heavy atom. The van der Waals surface area contributed by atoms with Gasteiger partial charge in [-0.05, 0) is 33.3 Å². The Labute approximate surface area is 108 Å². The van der Waals surface area contributed by atoms with Crippen molar-refractivity contribution in [2.45, 2.75) is 38.8 Å². The third-order valence-electron chi connectivity index (χ3n) is 2.48. The highest BCUT2D eigenvalue weighted by molar-refractivity contribution is 5.74. The van der Waals surface area contributed by atoms with E-state index < -0.39 is 5.60 Å². The summed E-state index contributed by atoms with van der Waals surface area (Å²) in [7, 11) is 0. The quantitative estimate of drug-likeness (QED) is 0.768. The highest BCUT2D eigenvalue weighted by Gasteiger charge is 2.24. The van der Waals surface area contributed by atoms with E-state index in [1.165, 1.54) is 0 Å². The van der Waals surface area contributed by atoms with Gasteiger partial charge in [0.25, 0.3) is 0 Å². The number of rotatable bonds is 3. The largest absolute Gasteiger partial charge is 0.384 e. The molecule has 0 aliphatic carbocycles. The van der Waals surface area contributed by atoms with E-state index >= 15 is 0 Å². The Morgan fingerprint density at radius 3 is 2.22 bits per heavy atom. The summed E-state index contributed by atoms with van der Waals surface area (Å²) in [5.74, 6) is 0. The van der Waals surface area contributed by atoms with Crippen molar-refractivity contribution in [3.05, 3.63) is 35.9 Å². The van der Waals surface area contributed by atoms with Crippen LogP contribution in [-0.4, -0.2) is 23.2 Å². The third-order valence-corrected chi connectivity index (χ3v) is 2.48. The van der Waals surface area contributed by atoms with Gasteiger partial charge in [-0.25, -0.2) is 4.79 Å². The molecule has 0 bridgehead atoms. The zero-order valence-electron chi connectivity index (χ0n) is 11.4. The van der Waals surface area contributed by atoms with Crippen LogP contribution in [0.25, 0.3) is 0 Å². The highest BCUT2D eigenvalue weighted by atomic mass is 16.3. The molecule has 0 saturated carbocycles. The predicted octanol–water partition coefficient (Wildman–Crippen LogP) is 1.99. The first-order chi connectivity index (χ1) is 8.21. The van der Waals surface area contributed by atoms with E-state index in [1.807, 2.05) is 51.1 Å². The first kappa shape index (κ1) is 14.5. The maximum Gasteiger partial charge on any atom is 0.315 e. The number of urea groups is 1. The summed E-state index contributed by atoms with van der Waals surface area (Å²) in [5, 5.41) is 15.8. The summed E-state index contributed by atoms with van der Waals surface area (Å²) in [5.41, 5.74) is -0.583. The van der Waals surface area contributed by atoms with Crippen molar-refractivity contribution in [1.29, 1.82) is 0 Å². The van der Waals surface area contributed by atoms with Gasteiger partial charge in [0, 0.05) is 5.54 Å². The van der Waals surface area contributed by atoms with Crippen LogP contribution < -0.4 is 10.6 Å². The summed E-state index contributed by atoms with van der Waals surface area (Å²) in [4.78, 5) is 11.6. The van der Waals surface area contributed by atoms with E-state index in [0.29, 0.717) is 0 Å². The van der Waals surface area contributed by atoms with E-state index in [1.54, 1.807) is 6.92 Å². The van der Waals surface area contributed by atoms with E-state index in [9.17, 15) is 9.90 Å². The number of hydrogen-bond acceptors (Lipinski definition) is 2. The minimum Gasteiger partial charge on any atom is -0.384 e. The van der Waals surface area contributed by atoms with Gasteiger partial charge in [0.2, 0.25) is 0 Å². The Morgan fingerprint density at radius 2 is 1.72 bits per heavy atom. The standard InChI is InChI=1S/C14H22N2O2/c1-13(2,3)16-12(17)15-10-14(4,18)11-8-6-5-7-9-11/h5-9,18H,10H2,1-4H3,(H2,15,16,17). The average Bonchev–Trinajstić information content (AvgIpc) is 2.26. The van der Waals surface area contributed by atoms with E-state index in [0.717, 1.165) is 5.56 Å². The molecule has 0 radical (unpaired) electrons. The van der Waals surface area contributed by atoms with Crippen LogP contribution in [0.5, 0.6) is 0 Å². The fourth-order valence-corrected chi connectivity index (χ4v) is 1.54. The zero-order chi connectivity index (χ0) is 13.8. The number of aliphatic hydroxyl groups is 1. The lowest BCUT2D eigenvalue weighted by Gasteiger charge is -2.26. The SMILES string of the molecule is CC(C)(C)NC(=O)NCC(C)(O)c1ccccc1. The van der Waals surface area contributed by atoms with Crippen molar-refractivity contribution in [3.8, 4) is 0 Å².